The van der Waals surface area contributed by atoms with Gasteiger partial charge in [-0.2, -0.15) is 0 Å². The number of amides is 1. The van der Waals surface area contributed by atoms with Crippen molar-refractivity contribution >= 4 is 34.0 Å². The predicted octanol–water partition coefficient (Wildman–Crippen LogP) is 2.39. The number of hydrogen-bond acceptors (Lipinski definition) is 5. The minimum atomic E-state index is -0.306. The van der Waals surface area contributed by atoms with Crippen LogP contribution in [0.25, 0.3) is 10.6 Å². The standard InChI is InChI=1S/C11H10ClN3O2S/c1-17-8-5-3-2-4-7(8)10-14-15-11(18-10)13-9(16)6-12/h2-5H,6H2,1H3,(H,13,15,16). The fourth-order valence-electron chi connectivity index (χ4n) is 1.36. The molecule has 0 spiro atoms. The van der Waals surface area contributed by atoms with Crippen LogP contribution in [0.2, 0.25) is 0 Å². The number of halogens is 1. The minimum absolute atomic E-state index is 0.108. The molecule has 0 unspecified atom stereocenters. The zero-order valence-corrected chi connectivity index (χ0v) is 11.1. The fraction of sp³-hybridized carbons (Fsp3) is 0.182. The third-order valence-corrected chi connectivity index (χ3v) is 3.24. The summed E-state index contributed by atoms with van der Waals surface area (Å²) >= 11 is 6.66. The van der Waals surface area contributed by atoms with Gasteiger partial charge in [-0.1, -0.05) is 23.5 Å². The number of ether oxygens (including phenoxy) is 1. The highest BCUT2D eigenvalue weighted by atomic mass is 35.5. The van der Waals surface area contributed by atoms with Gasteiger partial charge in [-0.05, 0) is 12.1 Å². The van der Waals surface area contributed by atoms with Gasteiger partial charge in [0.2, 0.25) is 11.0 Å². The molecule has 94 valence electrons. The van der Waals surface area contributed by atoms with Gasteiger partial charge >= 0.3 is 0 Å². The average Bonchev–Trinajstić information content (AvgIpc) is 2.86. The van der Waals surface area contributed by atoms with Gasteiger partial charge in [0, 0.05) is 0 Å². The number of methoxy groups -OCH3 is 1. The molecule has 0 aliphatic carbocycles. The Labute approximate surface area is 113 Å². The summed E-state index contributed by atoms with van der Waals surface area (Å²) < 4.78 is 5.24. The highest BCUT2D eigenvalue weighted by Crippen LogP contribution is 2.33. The second-order valence-corrected chi connectivity index (χ2v) is 4.54. The summed E-state index contributed by atoms with van der Waals surface area (Å²) in [6.07, 6.45) is 0. The Bertz CT molecular complexity index is 559. The van der Waals surface area contributed by atoms with Crippen LogP contribution >= 0.6 is 22.9 Å². The van der Waals surface area contributed by atoms with Crippen molar-refractivity contribution < 1.29 is 9.53 Å². The van der Waals surface area contributed by atoms with Crippen LogP contribution in [0.5, 0.6) is 5.75 Å². The maximum absolute atomic E-state index is 11.1. The molecular weight excluding hydrogens is 274 g/mol. The van der Waals surface area contributed by atoms with Gasteiger partial charge in [0.15, 0.2) is 5.01 Å². The molecule has 0 fully saturated rings. The van der Waals surface area contributed by atoms with Crippen LogP contribution < -0.4 is 10.1 Å². The van der Waals surface area contributed by atoms with E-state index in [1.165, 1.54) is 11.3 Å². The quantitative estimate of drug-likeness (QED) is 0.875. The van der Waals surface area contributed by atoms with Gasteiger partial charge in [-0.25, -0.2) is 0 Å². The molecule has 1 N–H and O–H groups in total. The molecular formula is C11H10ClN3O2S. The number of aromatic nitrogens is 2. The first-order valence-corrected chi connectivity index (χ1v) is 6.42. The number of hydrogen-bond donors (Lipinski definition) is 1. The summed E-state index contributed by atoms with van der Waals surface area (Å²) in [4.78, 5) is 11.1. The van der Waals surface area contributed by atoms with Gasteiger partial charge in [0.25, 0.3) is 0 Å². The van der Waals surface area contributed by atoms with Gasteiger partial charge < -0.3 is 4.74 Å². The maximum Gasteiger partial charge on any atom is 0.241 e. The largest absolute Gasteiger partial charge is 0.496 e. The molecule has 18 heavy (non-hydrogen) atoms. The molecule has 1 amide bonds. The van der Waals surface area contributed by atoms with E-state index in [4.69, 9.17) is 16.3 Å². The van der Waals surface area contributed by atoms with Crippen LogP contribution in [0.1, 0.15) is 0 Å². The van der Waals surface area contributed by atoms with Crippen LogP contribution in [-0.4, -0.2) is 29.1 Å². The fourth-order valence-corrected chi connectivity index (χ4v) is 2.21. The first kappa shape index (κ1) is 12.8. The van der Waals surface area contributed by atoms with Crippen molar-refractivity contribution in [1.82, 2.24) is 10.2 Å². The predicted molar refractivity (Wildman–Crippen MR) is 71.2 cm³/mol. The molecule has 0 bridgehead atoms. The molecule has 2 rings (SSSR count). The number of alkyl halides is 1. The Kier molecular flexibility index (Phi) is 4.11. The van der Waals surface area contributed by atoms with Crippen LogP contribution in [0, 0.1) is 0 Å². The van der Waals surface area contributed by atoms with Gasteiger partial charge in [-0.15, -0.1) is 21.8 Å². The van der Waals surface area contributed by atoms with Gasteiger partial charge in [0.1, 0.15) is 11.6 Å². The molecule has 5 nitrogen and oxygen atoms in total. The third kappa shape index (κ3) is 2.77. The summed E-state index contributed by atoms with van der Waals surface area (Å²) in [5, 5.41) is 11.5. The van der Waals surface area contributed by atoms with E-state index in [1.54, 1.807) is 7.11 Å². The highest BCUT2D eigenvalue weighted by Gasteiger charge is 2.12. The molecule has 0 saturated carbocycles. The van der Waals surface area contributed by atoms with Crippen LogP contribution in [0.4, 0.5) is 5.13 Å². The summed E-state index contributed by atoms with van der Waals surface area (Å²) in [6, 6.07) is 7.48. The SMILES string of the molecule is COc1ccccc1-c1nnc(NC(=O)CCl)s1. The van der Waals surface area contributed by atoms with Gasteiger partial charge in [0.05, 0.1) is 12.7 Å². The van der Waals surface area contributed by atoms with E-state index < -0.39 is 0 Å². The lowest BCUT2D eigenvalue weighted by Crippen LogP contribution is -2.12. The van der Waals surface area contributed by atoms with Crippen molar-refractivity contribution in [3.05, 3.63) is 24.3 Å². The van der Waals surface area contributed by atoms with E-state index in [1.807, 2.05) is 24.3 Å². The number of rotatable bonds is 4. The third-order valence-electron chi connectivity index (χ3n) is 2.13. The Morgan fingerprint density at radius 3 is 2.94 bits per heavy atom. The first-order valence-electron chi connectivity index (χ1n) is 5.07. The molecule has 0 atom stereocenters. The Morgan fingerprint density at radius 1 is 1.44 bits per heavy atom. The number of nitrogens with one attached hydrogen (secondary N) is 1. The van der Waals surface area contributed by atoms with E-state index in [0.29, 0.717) is 15.9 Å². The molecule has 1 heterocycles. The zero-order chi connectivity index (χ0) is 13.0. The molecule has 1 aromatic heterocycles. The van der Waals surface area contributed by atoms with Crippen molar-refractivity contribution in [1.29, 1.82) is 0 Å². The van der Waals surface area contributed by atoms with Crippen LogP contribution in [0.15, 0.2) is 24.3 Å². The zero-order valence-electron chi connectivity index (χ0n) is 9.51. The Balaban J connectivity index is 2.26. The van der Waals surface area contributed by atoms with Crippen molar-refractivity contribution in [3.63, 3.8) is 0 Å². The summed E-state index contributed by atoms with van der Waals surface area (Å²) in [6.45, 7) is 0. The summed E-state index contributed by atoms with van der Waals surface area (Å²) in [5.41, 5.74) is 0.837. The number of nitrogens with zero attached hydrogens (tertiary/aromatic N) is 2. The van der Waals surface area contributed by atoms with Crippen molar-refractivity contribution in [2.24, 2.45) is 0 Å². The lowest BCUT2D eigenvalue weighted by Gasteiger charge is -2.03. The number of para-hydroxylation sites is 1. The van der Waals surface area contributed by atoms with E-state index in [2.05, 4.69) is 15.5 Å². The van der Waals surface area contributed by atoms with Crippen molar-refractivity contribution in [2.45, 2.75) is 0 Å². The lowest BCUT2D eigenvalue weighted by atomic mass is 10.2. The molecule has 0 aliphatic heterocycles. The van der Waals surface area contributed by atoms with E-state index in [9.17, 15) is 4.79 Å². The number of benzene rings is 1. The van der Waals surface area contributed by atoms with E-state index in [0.717, 1.165) is 5.56 Å². The second-order valence-electron chi connectivity index (χ2n) is 3.29. The van der Waals surface area contributed by atoms with Gasteiger partial charge in [-0.3, -0.25) is 10.1 Å². The Hall–Kier alpha value is -1.66. The smallest absolute Gasteiger partial charge is 0.241 e. The number of carbonyl (C=O) groups is 1. The first-order chi connectivity index (χ1) is 8.74. The van der Waals surface area contributed by atoms with Crippen LogP contribution in [0.3, 0.4) is 0 Å². The highest BCUT2D eigenvalue weighted by molar-refractivity contribution is 7.18. The number of anilines is 1. The van der Waals surface area contributed by atoms with Crippen LogP contribution in [-0.2, 0) is 4.79 Å². The van der Waals surface area contributed by atoms with E-state index in [-0.39, 0.29) is 11.8 Å². The maximum atomic E-state index is 11.1. The van der Waals surface area contributed by atoms with Crippen molar-refractivity contribution in [3.8, 4) is 16.3 Å². The molecule has 0 aliphatic rings. The minimum Gasteiger partial charge on any atom is -0.496 e. The Morgan fingerprint density at radius 2 is 2.22 bits per heavy atom. The van der Waals surface area contributed by atoms with E-state index >= 15 is 0 Å². The van der Waals surface area contributed by atoms with Crippen molar-refractivity contribution in [2.75, 3.05) is 18.3 Å². The lowest BCUT2D eigenvalue weighted by molar-refractivity contribution is -0.113. The monoisotopic (exact) mass is 283 g/mol. The molecule has 2 aromatic rings. The number of carbonyl (C=O) groups excluding carboxylic acids is 1. The molecule has 0 saturated heterocycles. The summed E-state index contributed by atoms with van der Waals surface area (Å²) in [5.74, 6) is 0.298. The molecule has 1 aromatic carbocycles. The molecule has 7 heteroatoms. The summed E-state index contributed by atoms with van der Waals surface area (Å²) in [7, 11) is 1.59. The average molecular weight is 284 g/mol. The second kappa shape index (κ2) is 5.79. The molecule has 0 radical (unpaired) electrons. The normalized spacial score (nSPS) is 10.1. The topological polar surface area (TPSA) is 64.1 Å².